The number of rotatable bonds is 39. The fraction of sp³-hybridized carbons (Fsp3) is 0.884. The van der Waals surface area contributed by atoms with E-state index in [0.717, 1.165) is 122 Å². The Balaban J connectivity index is 4.26. The van der Waals surface area contributed by atoms with E-state index in [2.05, 4.69) is 37.1 Å². The van der Waals surface area contributed by atoms with E-state index in [1.807, 2.05) is 6.08 Å². The molecule has 0 aromatic rings. The highest BCUT2D eigenvalue weighted by molar-refractivity contribution is 5.77. The number of carbonyl (C=O) groups excluding carboxylic acids is 3. The standard InChI is InChI=1S/C43H82N2O6/c1-5-8-11-13-14-21-28-38-50-42(47)32-24-17-15-19-26-35-45(37-29-34-44-41(46)39-49-4)36-27-20-16-18-25-33-43(48)51-40(30-22-10-7-3)31-23-12-9-6-2/h21,28,40H,5-20,22-27,29-39H2,1-4H3,(H,44,46)/b28-21-. The molecule has 1 unspecified atom stereocenters. The first-order valence-electron chi connectivity index (χ1n) is 21.4. The Morgan fingerprint density at radius 3 is 1.73 bits per heavy atom. The van der Waals surface area contributed by atoms with Gasteiger partial charge < -0.3 is 24.4 Å². The van der Waals surface area contributed by atoms with Crippen LogP contribution in [0.25, 0.3) is 0 Å². The van der Waals surface area contributed by atoms with E-state index < -0.39 is 0 Å². The van der Waals surface area contributed by atoms with Crippen LogP contribution in [-0.2, 0) is 28.6 Å². The molecular formula is C43H82N2O6. The van der Waals surface area contributed by atoms with Gasteiger partial charge >= 0.3 is 11.9 Å². The lowest BCUT2D eigenvalue weighted by molar-refractivity contribution is -0.150. The Morgan fingerprint density at radius 2 is 1.10 bits per heavy atom. The maximum atomic E-state index is 12.6. The third-order valence-electron chi connectivity index (χ3n) is 9.50. The zero-order chi connectivity index (χ0) is 37.5. The lowest BCUT2D eigenvalue weighted by Crippen LogP contribution is -2.32. The summed E-state index contributed by atoms with van der Waals surface area (Å²) in [5.74, 6) is -0.161. The summed E-state index contributed by atoms with van der Waals surface area (Å²) in [5.41, 5.74) is 0. The van der Waals surface area contributed by atoms with Crippen LogP contribution >= 0.6 is 0 Å². The SMILES string of the molecule is CCCCCC/C=C\COC(=O)CCCCCCCN(CCCCCCCC(=O)OC(CCCCC)CCCCCC)CCCNC(=O)COC. The second kappa shape index (κ2) is 39.3. The number of unbranched alkanes of at least 4 members (excludes halogenated alkanes) is 17. The van der Waals surface area contributed by atoms with Crippen LogP contribution in [0.1, 0.15) is 194 Å². The number of nitrogens with one attached hydrogen (secondary N) is 1. The minimum atomic E-state index is -0.0889. The highest BCUT2D eigenvalue weighted by Gasteiger charge is 2.14. The lowest BCUT2D eigenvalue weighted by Gasteiger charge is -2.22. The Kier molecular flexibility index (Phi) is 37.8. The number of methoxy groups -OCH3 is 1. The topological polar surface area (TPSA) is 94.2 Å². The van der Waals surface area contributed by atoms with E-state index in [-0.39, 0.29) is 30.6 Å². The normalized spacial score (nSPS) is 12.1. The number of nitrogens with zero attached hydrogens (tertiary/aromatic N) is 1. The number of allylic oxidation sites excluding steroid dienone is 1. The molecule has 0 saturated heterocycles. The molecule has 51 heavy (non-hydrogen) atoms. The van der Waals surface area contributed by atoms with Crippen LogP contribution in [0.5, 0.6) is 0 Å². The summed E-state index contributed by atoms with van der Waals surface area (Å²) in [4.78, 5) is 38.9. The van der Waals surface area contributed by atoms with Crippen molar-refractivity contribution in [1.82, 2.24) is 10.2 Å². The van der Waals surface area contributed by atoms with Crippen molar-refractivity contribution in [1.29, 1.82) is 0 Å². The van der Waals surface area contributed by atoms with E-state index >= 15 is 0 Å². The first kappa shape index (κ1) is 49.1. The monoisotopic (exact) mass is 723 g/mol. The number of carbonyl (C=O) groups is 3. The fourth-order valence-electron chi connectivity index (χ4n) is 6.33. The summed E-state index contributed by atoms with van der Waals surface area (Å²) in [6.07, 6.45) is 33.5. The van der Waals surface area contributed by atoms with Crippen molar-refractivity contribution >= 4 is 17.8 Å². The van der Waals surface area contributed by atoms with Crippen molar-refractivity contribution in [3.8, 4) is 0 Å². The number of ether oxygens (including phenoxy) is 3. The van der Waals surface area contributed by atoms with E-state index in [1.54, 1.807) is 0 Å². The average Bonchev–Trinajstić information content (AvgIpc) is 3.11. The predicted molar refractivity (Wildman–Crippen MR) is 213 cm³/mol. The van der Waals surface area contributed by atoms with Crippen LogP contribution in [0.3, 0.4) is 0 Å². The van der Waals surface area contributed by atoms with Gasteiger partial charge in [-0.25, -0.2) is 0 Å². The number of esters is 2. The molecule has 0 spiro atoms. The summed E-state index contributed by atoms with van der Waals surface area (Å²) < 4.78 is 16.2. The Morgan fingerprint density at radius 1 is 0.588 bits per heavy atom. The van der Waals surface area contributed by atoms with Crippen LogP contribution in [0, 0.1) is 0 Å². The van der Waals surface area contributed by atoms with Gasteiger partial charge in [0.1, 0.15) is 19.3 Å². The molecule has 0 aromatic carbocycles. The van der Waals surface area contributed by atoms with Crippen LogP contribution < -0.4 is 5.32 Å². The summed E-state index contributed by atoms with van der Waals surface area (Å²) in [6, 6.07) is 0. The number of amides is 1. The highest BCUT2D eigenvalue weighted by Crippen LogP contribution is 2.17. The van der Waals surface area contributed by atoms with Crippen molar-refractivity contribution < 1.29 is 28.6 Å². The average molecular weight is 723 g/mol. The van der Waals surface area contributed by atoms with Crippen LogP contribution in [0.4, 0.5) is 0 Å². The van der Waals surface area contributed by atoms with Crippen molar-refractivity contribution in [3.05, 3.63) is 12.2 Å². The molecule has 8 nitrogen and oxygen atoms in total. The van der Waals surface area contributed by atoms with Crippen molar-refractivity contribution in [2.24, 2.45) is 0 Å². The molecule has 0 bridgehead atoms. The van der Waals surface area contributed by atoms with Gasteiger partial charge in [0.2, 0.25) is 5.91 Å². The predicted octanol–water partition coefficient (Wildman–Crippen LogP) is 10.7. The zero-order valence-corrected chi connectivity index (χ0v) is 34.0. The van der Waals surface area contributed by atoms with E-state index in [4.69, 9.17) is 14.2 Å². The molecule has 0 aliphatic heterocycles. The molecule has 0 aliphatic rings. The number of hydrogen-bond acceptors (Lipinski definition) is 7. The molecule has 8 heteroatoms. The Bertz CT molecular complexity index is 820. The van der Waals surface area contributed by atoms with Gasteiger partial charge in [0.25, 0.3) is 0 Å². The van der Waals surface area contributed by atoms with Gasteiger partial charge in [-0.2, -0.15) is 0 Å². The maximum absolute atomic E-state index is 12.6. The smallest absolute Gasteiger partial charge is 0.306 e. The van der Waals surface area contributed by atoms with Gasteiger partial charge in [-0.1, -0.05) is 123 Å². The molecule has 300 valence electrons. The van der Waals surface area contributed by atoms with Crippen LogP contribution in [-0.4, -0.2) is 75.4 Å². The molecule has 0 aliphatic carbocycles. The second-order valence-corrected chi connectivity index (χ2v) is 14.5. The fourth-order valence-corrected chi connectivity index (χ4v) is 6.33. The summed E-state index contributed by atoms with van der Waals surface area (Å²) >= 11 is 0. The van der Waals surface area contributed by atoms with Crippen molar-refractivity contribution in [2.75, 3.05) is 46.5 Å². The zero-order valence-electron chi connectivity index (χ0n) is 34.0. The minimum Gasteiger partial charge on any atom is -0.462 e. The molecule has 0 radical (unpaired) electrons. The van der Waals surface area contributed by atoms with Gasteiger partial charge in [-0.15, -0.1) is 0 Å². The largest absolute Gasteiger partial charge is 0.462 e. The third-order valence-corrected chi connectivity index (χ3v) is 9.50. The molecular weight excluding hydrogens is 640 g/mol. The molecule has 0 fully saturated rings. The first-order valence-corrected chi connectivity index (χ1v) is 21.4. The highest BCUT2D eigenvalue weighted by atomic mass is 16.5. The second-order valence-electron chi connectivity index (χ2n) is 14.5. The Labute approximate surface area is 315 Å². The quantitative estimate of drug-likeness (QED) is 0.0383. The molecule has 1 N–H and O–H groups in total. The van der Waals surface area contributed by atoms with E-state index in [0.29, 0.717) is 26.0 Å². The maximum Gasteiger partial charge on any atom is 0.306 e. The first-order chi connectivity index (χ1) is 25.0. The number of hydrogen-bond donors (Lipinski definition) is 1. The van der Waals surface area contributed by atoms with Gasteiger partial charge in [0.05, 0.1) is 0 Å². The summed E-state index contributed by atoms with van der Waals surface area (Å²) in [5, 5.41) is 2.94. The third kappa shape index (κ3) is 36.2. The molecule has 0 rings (SSSR count). The van der Waals surface area contributed by atoms with Gasteiger partial charge in [-0.05, 0) is 90.3 Å². The van der Waals surface area contributed by atoms with Gasteiger partial charge in [0, 0.05) is 26.5 Å². The van der Waals surface area contributed by atoms with Crippen molar-refractivity contribution in [2.45, 2.75) is 200 Å². The van der Waals surface area contributed by atoms with E-state index in [9.17, 15) is 14.4 Å². The summed E-state index contributed by atoms with van der Waals surface area (Å²) in [7, 11) is 1.54. The van der Waals surface area contributed by atoms with E-state index in [1.165, 1.54) is 64.9 Å². The van der Waals surface area contributed by atoms with Gasteiger partial charge in [-0.3, -0.25) is 14.4 Å². The molecule has 0 aromatic heterocycles. The molecule has 1 atom stereocenters. The van der Waals surface area contributed by atoms with Crippen molar-refractivity contribution in [3.63, 3.8) is 0 Å². The minimum absolute atomic E-state index is 0.00748. The van der Waals surface area contributed by atoms with Gasteiger partial charge in [0.15, 0.2) is 0 Å². The molecule has 0 heterocycles. The van der Waals surface area contributed by atoms with Crippen LogP contribution in [0.2, 0.25) is 0 Å². The lowest BCUT2D eigenvalue weighted by atomic mass is 10.0. The Hall–Kier alpha value is -1.93. The summed E-state index contributed by atoms with van der Waals surface area (Å²) in [6.45, 7) is 10.9. The van der Waals surface area contributed by atoms with Crippen LogP contribution in [0.15, 0.2) is 12.2 Å². The molecule has 0 saturated carbocycles. The molecule has 1 amide bonds.